The van der Waals surface area contributed by atoms with Gasteiger partial charge in [0.15, 0.2) is 10.9 Å². The van der Waals surface area contributed by atoms with Crippen LogP contribution in [-0.2, 0) is 6.54 Å². The van der Waals surface area contributed by atoms with Gasteiger partial charge in [-0.25, -0.2) is 4.98 Å². The molecule has 0 aliphatic carbocycles. The van der Waals surface area contributed by atoms with E-state index in [9.17, 15) is 4.79 Å². The van der Waals surface area contributed by atoms with Crippen molar-refractivity contribution in [1.29, 1.82) is 0 Å². The summed E-state index contributed by atoms with van der Waals surface area (Å²) in [6.07, 6.45) is 1.54. The first kappa shape index (κ1) is 11.6. The van der Waals surface area contributed by atoms with Gasteiger partial charge >= 0.3 is 0 Å². The fourth-order valence-electron chi connectivity index (χ4n) is 1.27. The van der Waals surface area contributed by atoms with Crippen molar-refractivity contribution in [2.45, 2.75) is 6.54 Å². The third-order valence-electron chi connectivity index (χ3n) is 2.09. The number of halogens is 1. The maximum atomic E-state index is 11.8. The predicted octanol–water partition coefficient (Wildman–Crippen LogP) is 2.04. The molecule has 0 aromatic carbocycles. The molecule has 0 aliphatic heterocycles. The lowest BCUT2D eigenvalue weighted by molar-refractivity contribution is 0.0995. The number of pyridine rings is 1. The van der Waals surface area contributed by atoms with Crippen LogP contribution in [0.3, 0.4) is 0 Å². The number of hydrogen-bond acceptors (Lipinski definition) is 4. The number of nitrogens with one attached hydrogen (secondary N) is 1. The first-order valence-electron chi connectivity index (χ1n) is 4.91. The molecule has 0 aliphatic rings. The molecule has 0 spiro atoms. The minimum atomic E-state index is -0.389. The molecule has 5 nitrogen and oxygen atoms in total. The normalized spacial score (nSPS) is 10.2. The molecule has 88 valence electrons. The van der Waals surface area contributed by atoms with Crippen molar-refractivity contribution in [1.82, 2.24) is 4.98 Å². The van der Waals surface area contributed by atoms with Gasteiger partial charge in [-0.15, -0.1) is 0 Å². The highest BCUT2D eigenvalue weighted by Gasteiger charge is 2.12. The predicted molar refractivity (Wildman–Crippen MR) is 63.8 cm³/mol. The van der Waals surface area contributed by atoms with Crippen LogP contribution in [0.1, 0.15) is 16.3 Å². The number of carbonyl (C=O) groups is 1. The third kappa shape index (κ3) is 2.64. The molecule has 0 fully saturated rings. The molecular weight excluding hydrogens is 242 g/mol. The number of rotatable bonds is 3. The molecule has 0 unspecified atom stereocenters. The Morgan fingerprint density at radius 1 is 1.47 bits per heavy atom. The Balaban J connectivity index is 2.14. The van der Waals surface area contributed by atoms with Crippen LogP contribution in [-0.4, -0.2) is 10.9 Å². The van der Waals surface area contributed by atoms with Gasteiger partial charge in [-0.3, -0.25) is 4.79 Å². The number of nitrogens with two attached hydrogens (primary N) is 1. The van der Waals surface area contributed by atoms with Crippen molar-refractivity contribution >= 4 is 23.2 Å². The third-order valence-corrected chi connectivity index (χ3v) is 2.40. The quantitative estimate of drug-likeness (QED) is 0.818. The summed E-state index contributed by atoms with van der Waals surface area (Å²) in [5, 5.41) is 2.82. The van der Waals surface area contributed by atoms with Gasteiger partial charge < -0.3 is 15.5 Å². The molecule has 0 bridgehead atoms. The van der Waals surface area contributed by atoms with E-state index >= 15 is 0 Å². The summed E-state index contributed by atoms with van der Waals surface area (Å²) in [5.41, 5.74) is 5.82. The van der Waals surface area contributed by atoms with Crippen molar-refractivity contribution < 1.29 is 9.21 Å². The fourth-order valence-corrected chi connectivity index (χ4v) is 1.44. The molecule has 1 amide bonds. The number of anilines is 1. The van der Waals surface area contributed by atoms with E-state index in [1.165, 1.54) is 6.20 Å². The second-order valence-corrected chi connectivity index (χ2v) is 3.62. The number of furan rings is 1. The molecule has 3 N–H and O–H groups in total. The van der Waals surface area contributed by atoms with E-state index in [0.29, 0.717) is 11.4 Å². The van der Waals surface area contributed by atoms with Gasteiger partial charge in [-0.05, 0) is 24.3 Å². The van der Waals surface area contributed by atoms with Gasteiger partial charge in [0, 0.05) is 6.20 Å². The Kier molecular flexibility index (Phi) is 3.41. The van der Waals surface area contributed by atoms with E-state index in [2.05, 4.69) is 10.3 Å². The standard InChI is InChI=1S/C11H10ClN3O2/c12-10-8(2-1-5-14-10)15-11(16)9-4-3-7(6-13)17-9/h1-5H,6,13H2,(H,15,16). The maximum absolute atomic E-state index is 11.8. The fraction of sp³-hybridized carbons (Fsp3) is 0.0909. The zero-order valence-electron chi connectivity index (χ0n) is 8.81. The smallest absolute Gasteiger partial charge is 0.291 e. The van der Waals surface area contributed by atoms with Crippen LogP contribution < -0.4 is 11.1 Å². The largest absolute Gasteiger partial charge is 0.455 e. The zero-order valence-corrected chi connectivity index (χ0v) is 9.57. The Hall–Kier alpha value is -1.85. The van der Waals surface area contributed by atoms with Gasteiger partial charge in [-0.2, -0.15) is 0 Å². The van der Waals surface area contributed by atoms with Crippen LogP contribution in [0.2, 0.25) is 5.15 Å². The summed E-state index contributed by atoms with van der Waals surface area (Å²) in [5.74, 6) is 0.345. The van der Waals surface area contributed by atoms with E-state index in [0.717, 1.165) is 0 Å². The number of hydrogen-bond donors (Lipinski definition) is 2. The average Bonchev–Trinajstić information content (AvgIpc) is 2.81. The summed E-state index contributed by atoms with van der Waals surface area (Å²) in [7, 11) is 0. The molecule has 2 aromatic heterocycles. The number of carbonyl (C=O) groups excluding carboxylic acids is 1. The number of nitrogens with zero attached hydrogens (tertiary/aromatic N) is 1. The summed E-state index contributed by atoms with van der Waals surface area (Å²) in [6.45, 7) is 0.251. The topological polar surface area (TPSA) is 81.2 Å². The molecule has 2 aromatic rings. The van der Waals surface area contributed by atoms with Gasteiger partial charge in [0.1, 0.15) is 5.76 Å². The van der Waals surface area contributed by atoms with Crippen LogP contribution >= 0.6 is 11.6 Å². The Morgan fingerprint density at radius 2 is 2.29 bits per heavy atom. The second-order valence-electron chi connectivity index (χ2n) is 3.27. The van der Waals surface area contributed by atoms with Gasteiger partial charge in [0.2, 0.25) is 0 Å². The first-order valence-corrected chi connectivity index (χ1v) is 5.29. The van der Waals surface area contributed by atoms with Crippen LogP contribution in [0, 0.1) is 0 Å². The molecule has 0 atom stereocenters. The van der Waals surface area contributed by atoms with Crippen LogP contribution in [0.25, 0.3) is 0 Å². The van der Waals surface area contributed by atoms with Gasteiger partial charge in [0.25, 0.3) is 5.91 Å². The minimum absolute atomic E-state index is 0.186. The highest BCUT2D eigenvalue weighted by molar-refractivity contribution is 6.32. The Morgan fingerprint density at radius 3 is 2.94 bits per heavy atom. The first-order chi connectivity index (χ1) is 8.20. The lowest BCUT2D eigenvalue weighted by Gasteiger charge is -2.03. The van der Waals surface area contributed by atoms with Gasteiger partial charge in [0.05, 0.1) is 12.2 Å². The van der Waals surface area contributed by atoms with E-state index in [4.69, 9.17) is 21.8 Å². The number of aromatic nitrogens is 1. The number of amides is 1. The molecule has 6 heteroatoms. The van der Waals surface area contributed by atoms with Crippen molar-refractivity contribution in [3.8, 4) is 0 Å². The summed E-state index contributed by atoms with van der Waals surface area (Å²) >= 11 is 5.81. The highest BCUT2D eigenvalue weighted by atomic mass is 35.5. The molecule has 0 radical (unpaired) electrons. The SMILES string of the molecule is NCc1ccc(C(=O)Nc2cccnc2Cl)o1. The summed E-state index contributed by atoms with van der Waals surface area (Å²) < 4.78 is 5.21. The average molecular weight is 252 g/mol. The molecule has 2 heterocycles. The van der Waals surface area contributed by atoms with E-state index in [-0.39, 0.29) is 23.4 Å². The van der Waals surface area contributed by atoms with E-state index < -0.39 is 0 Å². The summed E-state index contributed by atoms with van der Waals surface area (Å²) in [4.78, 5) is 15.6. The summed E-state index contributed by atoms with van der Waals surface area (Å²) in [6, 6.07) is 6.54. The van der Waals surface area contributed by atoms with Crippen molar-refractivity contribution in [3.63, 3.8) is 0 Å². The molecule has 0 saturated carbocycles. The molecule has 17 heavy (non-hydrogen) atoms. The Bertz CT molecular complexity index is 539. The second kappa shape index (κ2) is 4.99. The van der Waals surface area contributed by atoms with Crippen LogP contribution in [0.15, 0.2) is 34.9 Å². The molecule has 2 rings (SSSR count). The lowest BCUT2D eigenvalue weighted by atomic mass is 10.3. The van der Waals surface area contributed by atoms with E-state index in [1.54, 1.807) is 24.3 Å². The highest BCUT2D eigenvalue weighted by Crippen LogP contribution is 2.18. The minimum Gasteiger partial charge on any atom is -0.455 e. The lowest BCUT2D eigenvalue weighted by Crippen LogP contribution is -2.11. The van der Waals surface area contributed by atoms with Crippen LogP contribution in [0.5, 0.6) is 0 Å². The monoisotopic (exact) mass is 251 g/mol. The van der Waals surface area contributed by atoms with Crippen molar-refractivity contribution in [2.24, 2.45) is 5.73 Å². The van der Waals surface area contributed by atoms with Crippen molar-refractivity contribution in [3.05, 3.63) is 47.1 Å². The van der Waals surface area contributed by atoms with Crippen molar-refractivity contribution in [2.75, 3.05) is 5.32 Å². The van der Waals surface area contributed by atoms with E-state index in [1.807, 2.05) is 0 Å². The molecule has 0 saturated heterocycles. The van der Waals surface area contributed by atoms with Gasteiger partial charge in [-0.1, -0.05) is 11.6 Å². The molecular formula is C11H10ClN3O2. The Labute approximate surface area is 103 Å². The maximum Gasteiger partial charge on any atom is 0.291 e. The van der Waals surface area contributed by atoms with Crippen LogP contribution in [0.4, 0.5) is 5.69 Å². The zero-order chi connectivity index (χ0) is 12.3.